The molecule has 0 saturated carbocycles. The molecule has 0 fully saturated rings. The van der Waals surface area contributed by atoms with E-state index in [1.165, 1.54) is 11.0 Å². The summed E-state index contributed by atoms with van der Waals surface area (Å²) in [6.07, 6.45) is 0. The van der Waals surface area contributed by atoms with Crippen molar-refractivity contribution in [3.05, 3.63) is 18.2 Å². The molecule has 2 amide bonds. The number of anilines is 2. The van der Waals surface area contributed by atoms with Gasteiger partial charge in [-0.15, -0.1) is 0 Å². The molecule has 5 heteroatoms. The predicted octanol–water partition coefficient (Wildman–Crippen LogP) is 1.07. The van der Waals surface area contributed by atoms with E-state index in [0.29, 0.717) is 5.69 Å². The standard InChI is InChI=1S/C9H13N3O2/c1-12(2)9(14)11-8-6(10)4-3-5-7(8)13/h3-5,13H,10H2,1-2H3,(H,11,14). The molecule has 0 spiro atoms. The number of urea groups is 1. The molecule has 0 radical (unpaired) electrons. The van der Waals surface area contributed by atoms with Crippen molar-refractivity contribution in [3.63, 3.8) is 0 Å². The minimum absolute atomic E-state index is 0.0415. The van der Waals surface area contributed by atoms with Crippen LogP contribution >= 0.6 is 0 Å². The lowest BCUT2D eigenvalue weighted by Crippen LogP contribution is -2.27. The third-order valence-corrected chi connectivity index (χ3v) is 1.71. The number of nitrogens with two attached hydrogens (primary N) is 1. The molecule has 0 heterocycles. The highest BCUT2D eigenvalue weighted by atomic mass is 16.3. The van der Waals surface area contributed by atoms with Crippen LogP contribution in [-0.2, 0) is 0 Å². The quantitative estimate of drug-likeness (QED) is 0.463. The van der Waals surface area contributed by atoms with E-state index in [1.54, 1.807) is 26.2 Å². The van der Waals surface area contributed by atoms with Gasteiger partial charge in [0.05, 0.1) is 5.69 Å². The molecule has 14 heavy (non-hydrogen) atoms. The number of nitrogens with one attached hydrogen (secondary N) is 1. The zero-order chi connectivity index (χ0) is 10.7. The van der Waals surface area contributed by atoms with E-state index in [1.807, 2.05) is 0 Å². The maximum atomic E-state index is 11.3. The number of phenols is 1. The lowest BCUT2D eigenvalue weighted by atomic mass is 10.2. The fourth-order valence-corrected chi connectivity index (χ4v) is 0.912. The van der Waals surface area contributed by atoms with Crippen LogP contribution in [-0.4, -0.2) is 30.1 Å². The fourth-order valence-electron chi connectivity index (χ4n) is 0.912. The zero-order valence-electron chi connectivity index (χ0n) is 8.11. The average molecular weight is 195 g/mol. The Morgan fingerprint density at radius 2 is 2.14 bits per heavy atom. The van der Waals surface area contributed by atoms with E-state index in [9.17, 15) is 9.90 Å². The number of rotatable bonds is 1. The molecule has 0 saturated heterocycles. The Balaban J connectivity index is 2.91. The number of aromatic hydroxyl groups is 1. The Morgan fingerprint density at radius 1 is 1.50 bits per heavy atom. The maximum absolute atomic E-state index is 11.3. The molecule has 1 rings (SSSR count). The third-order valence-electron chi connectivity index (χ3n) is 1.71. The van der Waals surface area contributed by atoms with Crippen LogP contribution in [0.4, 0.5) is 16.2 Å². The number of hydrogen-bond donors (Lipinski definition) is 3. The molecular formula is C9H13N3O2. The summed E-state index contributed by atoms with van der Waals surface area (Å²) in [6.45, 7) is 0. The molecule has 0 bridgehead atoms. The number of carbonyl (C=O) groups excluding carboxylic acids is 1. The highest BCUT2D eigenvalue weighted by Gasteiger charge is 2.09. The van der Waals surface area contributed by atoms with Gasteiger partial charge in [0.15, 0.2) is 0 Å². The number of hydrogen-bond acceptors (Lipinski definition) is 3. The molecule has 76 valence electrons. The summed E-state index contributed by atoms with van der Waals surface area (Å²) in [4.78, 5) is 12.6. The smallest absolute Gasteiger partial charge is 0.321 e. The molecular weight excluding hydrogens is 182 g/mol. The Kier molecular flexibility index (Phi) is 2.81. The summed E-state index contributed by atoms with van der Waals surface area (Å²) in [5.74, 6) is -0.0415. The first kappa shape index (κ1) is 10.2. The third kappa shape index (κ3) is 2.07. The first-order chi connectivity index (χ1) is 6.52. The Labute approximate surface area is 82.1 Å². The second-order valence-corrected chi connectivity index (χ2v) is 3.07. The number of nitrogen functional groups attached to an aromatic ring is 1. The van der Waals surface area contributed by atoms with Gasteiger partial charge in [0.1, 0.15) is 11.4 Å². The van der Waals surface area contributed by atoms with Crippen LogP contribution in [0.1, 0.15) is 0 Å². The number of nitrogens with zero attached hydrogens (tertiary/aromatic N) is 1. The summed E-state index contributed by atoms with van der Waals surface area (Å²) >= 11 is 0. The molecule has 0 atom stereocenters. The molecule has 0 unspecified atom stereocenters. The summed E-state index contributed by atoms with van der Waals surface area (Å²) in [5, 5.41) is 11.9. The Morgan fingerprint density at radius 3 is 2.64 bits per heavy atom. The highest BCUT2D eigenvalue weighted by molar-refractivity contribution is 5.94. The number of benzene rings is 1. The second kappa shape index (κ2) is 3.87. The van der Waals surface area contributed by atoms with Crippen molar-refractivity contribution in [2.24, 2.45) is 0 Å². The SMILES string of the molecule is CN(C)C(=O)Nc1c(N)cccc1O. The van der Waals surface area contributed by atoms with Crippen LogP contribution in [0.15, 0.2) is 18.2 Å². The normalized spacial score (nSPS) is 9.57. The topological polar surface area (TPSA) is 78.6 Å². The van der Waals surface area contributed by atoms with E-state index in [4.69, 9.17) is 5.73 Å². The summed E-state index contributed by atoms with van der Waals surface area (Å²) in [5.41, 5.74) is 6.15. The van der Waals surface area contributed by atoms with Crippen molar-refractivity contribution in [2.45, 2.75) is 0 Å². The van der Waals surface area contributed by atoms with Crippen molar-refractivity contribution in [1.82, 2.24) is 4.90 Å². The van der Waals surface area contributed by atoms with Crippen molar-refractivity contribution in [2.75, 3.05) is 25.1 Å². The van der Waals surface area contributed by atoms with Gasteiger partial charge in [0.2, 0.25) is 0 Å². The molecule has 0 aromatic heterocycles. The Bertz CT molecular complexity index is 330. The second-order valence-electron chi connectivity index (χ2n) is 3.07. The van der Waals surface area contributed by atoms with Gasteiger partial charge in [-0.1, -0.05) is 6.07 Å². The maximum Gasteiger partial charge on any atom is 0.321 e. The van der Waals surface area contributed by atoms with Crippen LogP contribution < -0.4 is 11.1 Å². The van der Waals surface area contributed by atoms with Crippen LogP contribution in [0.5, 0.6) is 5.75 Å². The van der Waals surface area contributed by atoms with Gasteiger partial charge in [-0.05, 0) is 12.1 Å². The summed E-state index contributed by atoms with van der Waals surface area (Å²) in [7, 11) is 3.21. The fraction of sp³-hybridized carbons (Fsp3) is 0.222. The first-order valence-corrected chi connectivity index (χ1v) is 4.08. The minimum atomic E-state index is -0.335. The Hall–Kier alpha value is -1.91. The molecule has 4 N–H and O–H groups in total. The zero-order valence-corrected chi connectivity index (χ0v) is 8.11. The highest BCUT2D eigenvalue weighted by Crippen LogP contribution is 2.28. The van der Waals surface area contributed by atoms with Crippen LogP contribution in [0, 0.1) is 0 Å². The predicted molar refractivity (Wildman–Crippen MR) is 55.2 cm³/mol. The van der Waals surface area contributed by atoms with Gasteiger partial charge in [0, 0.05) is 14.1 Å². The van der Waals surface area contributed by atoms with Gasteiger partial charge in [-0.2, -0.15) is 0 Å². The van der Waals surface area contributed by atoms with Crippen LogP contribution in [0.2, 0.25) is 0 Å². The van der Waals surface area contributed by atoms with Gasteiger partial charge in [0.25, 0.3) is 0 Å². The van der Waals surface area contributed by atoms with E-state index in [0.717, 1.165) is 0 Å². The van der Waals surface area contributed by atoms with Crippen molar-refractivity contribution in [1.29, 1.82) is 0 Å². The molecule has 1 aromatic carbocycles. The van der Waals surface area contributed by atoms with Crippen molar-refractivity contribution < 1.29 is 9.90 Å². The number of amides is 2. The lowest BCUT2D eigenvalue weighted by Gasteiger charge is -2.14. The van der Waals surface area contributed by atoms with Gasteiger partial charge < -0.3 is 21.1 Å². The molecule has 0 aliphatic rings. The molecule has 1 aromatic rings. The number of para-hydroxylation sites is 1. The van der Waals surface area contributed by atoms with Crippen molar-refractivity contribution in [3.8, 4) is 5.75 Å². The largest absolute Gasteiger partial charge is 0.506 e. The van der Waals surface area contributed by atoms with E-state index >= 15 is 0 Å². The molecule has 0 aliphatic carbocycles. The number of phenolic OH excluding ortho intramolecular Hbond substituents is 1. The van der Waals surface area contributed by atoms with Gasteiger partial charge in [-0.25, -0.2) is 4.79 Å². The van der Waals surface area contributed by atoms with Crippen molar-refractivity contribution >= 4 is 17.4 Å². The van der Waals surface area contributed by atoms with Crippen LogP contribution in [0.3, 0.4) is 0 Å². The summed E-state index contributed by atoms with van der Waals surface area (Å²) < 4.78 is 0. The molecule has 0 aliphatic heterocycles. The van der Waals surface area contributed by atoms with E-state index in [-0.39, 0.29) is 17.5 Å². The van der Waals surface area contributed by atoms with Crippen LogP contribution in [0.25, 0.3) is 0 Å². The first-order valence-electron chi connectivity index (χ1n) is 4.08. The average Bonchev–Trinajstić information content (AvgIpc) is 2.11. The molecule has 5 nitrogen and oxygen atoms in total. The minimum Gasteiger partial charge on any atom is -0.506 e. The van der Waals surface area contributed by atoms with E-state index < -0.39 is 0 Å². The van der Waals surface area contributed by atoms with Gasteiger partial charge in [-0.3, -0.25) is 0 Å². The van der Waals surface area contributed by atoms with E-state index in [2.05, 4.69) is 5.32 Å². The monoisotopic (exact) mass is 195 g/mol. The lowest BCUT2D eigenvalue weighted by molar-refractivity contribution is 0.230. The summed E-state index contributed by atoms with van der Waals surface area (Å²) in [6, 6.07) is 4.33. The number of carbonyl (C=O) groups is 1. The van der Waals surface area contributed by atoms with Gasteiger partial charge >= 0.3 is 6.03 Å².